The molecule has 1 atom stereocenters. The lowest BCUT2D eigenvalue weighted by atomic mass is 9.89. The summed E-state index contributed by atoms with van der Waals surface area (Å²) < 4.78 is -0.743. The summed E-state index contributed by atoms with van der Waals surface area (Å²) in [7, 11) is 2.49. The third-order valence-electron chi connectivity index (χ3n) is 3.41. The summed E-state index contributed by atoms with van der Waals surface area (Å²) in [5.41, 5.74) is -3.05. The van der Waals surface area contributed by atoms with E-state index in [0.717, 1.165) is 26.0 Å². The summed E-state index contributed by atoms with van der Waals surface area (Å²) in [5.74, 6) is -5.98. The Morgan fingerprint density at radius 2 is 1.43 bits per heavy atom. The Morgan fingerprint density at radius 3 is 1.74 bits per heavy atom. The molecule has 0 radical (unpaired) electrons. The van der Waals surface area contributed by atoms with Crippen molar-refractivity contribution < 1.29 is 44.1 Å². The van der Waals surface area contributed by atoms with E-state index in [4.69, 9.17) is 10.2 Å². The molecule has 0 heterocycles. The molecule has 0 amide bonds. The molecule has 0 spiro atoms. The summed E-state index contributed by atoms with van der Waals surface area (Å²) in [6.45, 7) is 1.52. The van der Waals surface area contributed by atoms with Crippen molar-refractivity contribution in [3.8, 4) is 0 Å². The normalized spacial score (nSPS) is 15.7. The first-order chi connectivity index (χ1) is 10.3. The molecule has 3 N–H and O–H groups in total. The quantitative estimate of drug-likeness (QED) is 0.367. The van der Waals surface area contributed by atoms with E-state index in [0.29, 0.717) is 0 Å². The fourth-order valence-corrected chi connectivity index (χ4v) is 2.02. The molecular weight excluding hydrogens is 310 g/mol. The summed E-state index contributed by atoms with van der Waals surface area (Å²) in [6.07, 6.45) is 1.62. The summed E-state index contributed by atoms with van der Waals surface area (Å²) in [5, 5.41) is 38.5. The average molecular weight is 329 g/mol. The minimum atomic E-state index is -2.22. The van der Waals surface area contributed by atoms with E-state index in [-0.39, 0.29) is 5.57 Å². The van der Waals surface area contributed by atoms with Crippen LogP contribution >= 0.6 is 0 Å². The molecule has 9 nitrogen and oxygen atoms in total. The van der Waals surface area contributed by atoms with Crippen molar-refractivity contribution in [2.45, 2.75) is 19.4 Å². The number of aliphatic carboxylic acids is 4. The lowest BCUT2D eigenvalue weighted by molar-refractivity contribution is -0.911. The molecule has 0 aromatic heterocycles. The van der Waals surface area contributed by atoms with Crippen molar-refractivity contribution >= 4 is 23.9 Å². The third-order valence-corrected chi connectivity index (χ3v) is 3.41. The Kier molecular flexibility index (Phi) is 6.23. The molecule has 0 aromatic carbocycles. The molecule has 0 fully saturated rings. The maximum absolute atomic E-state index is 11.9. The van der Waals surface area contributed by atoms with E-state index in [9.17, 15) is 29.4 Å². The number of carboxylic acid groups (broad SMARTS) is 4. The lowest BCUT2D eigenvalue weighted by Crippen LogP contribution is -2.64. The predicted octanol–water partition coefficient (Wildman–Crippen LogP) is -1.30. The van der Waals surface area contributed by atoms with Crippen molar-refractivity contribution in [3.05, 3.63) is 23.3 Å². The first-order valence-electron chi connectivity index (χ1n) is 6.38. The number of carbonyl (C=O) groups excluding carboxylic acids is 1. The highest BCUT2D eigenvalue weighted by molar-refractivity contribution is 5.92. The number of carbonyl (C=O) groups is 4. The molecule has 0 bridgehead atoms. The molecule has 0 saturated carbocycles. The molecule has 0 aromatic rings. The highest BCUT2D eigenvalue weighted by atomic mass is 16.4. The van der Waals surface area contributed by atoms with Gasteiger partial charge in [-0.25, -0.2) is 14.4 Å². The molecule has 0 rings (SSSR count). The molecule has 0 saturated heterocycles. The third kappa shape index (κ3) is 4.65. The van der Waals surface area contributed by atoms with Gasteiger partial charge in [-0.05, 0) is 25.5 Å². The fraction of sp³-hybridized carbons (Fsp3) is 0.429. The molecule has 9 heteroatoms. The average Bonchev–Trinajstić information content (AvgIpc) is 2.34. The minimum Gasteiger partial charge on any atom is -0.545 e. The van der Waals surface area contributed by atoms with Gasteiger partial charge in [-0.1, -0.05) is 0 Å². The van der Waals surface area contributed by atoms with Crippen molar-refractivity contribution in [3.63, 3.8) is 0 Å². The van der Waals surface area contributed by atoms with Crippen LogP contribution in [0.4, 0.5) is 0 Å². The van der Waals surface area contributed by atoms with Gasteiger partial charge in [0.05, 0.1) is 20.1 Å². The molecule has 0 aliphatic rings. The van der Waals surface area contributed by atoms with Crippen LogP contribution in [0.1, 0.15) is 13.8 Å². The molecule has 0 aliphatic carbocycles. The van der Waals surface area contributed by atoms with Gasteiger partial charge in [0.25, 0.3) is 0 Å². The monoisotopic (exact) mass is 329 g/mol. The van der Waals surface area contributed by atoms with Crippen LogP contribution in [0.25, 0.3) is 0 Å². The van der Waals surface area contributed by atoms with Crippen LogP contribution in [0.2, 0.25) is 0 Å². The zero-order chi connectivity index (χ0) is 18.6. The van der Waals surface area contributed by atoms with Gasteiger partial charge in [-0.15, -0.1) is 0 Å². The number of quaternary nitrogens is 1. The fourth-order valence-electron chi connectivity index (χ4n) is 2.02. The number of rotatable bonds is 8. The second-order valence-electron chi connectivity index (χ2n) is 5.61. The Morgan fingerprint density at radius 1 is 1.00 bits per heavy atom. The van der Waals surface area contributed by atoms with Gasteiger partial charge < -0.3 is 25.2 Å². The van der Waals surface area contributed by atoms with E-state index in [1.54, 1.807) is 0 Å². The first kappa shape index (κ1) is 20.3. The van der Waals surface area contributed by atoms with Crippen LogP contribution in [-0.2, 0) is 19.2 Å². The highest BCUT2D eigenvalue weighted by Gasteiger charge is 2.51. The van der Waals surface area contributed by atoms with Crippen LogP contribution in [0.5, 0.6) is 0 Å². The van der Waals surface area contributed by atoms with Crippen LogP contribution in [0.15, 0.2) is 23.3 Å². The second-order valence-corrected chi connectivity index (χ2v) is 5.61. The van der Waals surface area contributed by atoms with Crippen LogP contribution in [0, 0.1) is 0 Å². The smallest absolute Gasteiger partial charge is 0.374 e. The SMILES string of the molecule is CC(=CC(C=C(C)C(=O)O)(C(=O)O)[N+](C)(C)CC(=O)O)C(=O)[O-]. The topological polar surface area (TPSA) is 152 Å². The van der Waals surface area contributed by atoms with Gasteiger partial charge in [0.1, 0.15) is 0 Å². The van der Waals surface area contributed by atoms with Gasteiger partial charge in [0.2, 0.25) is 5.54 Å². The first-order valence-corrected chi connectivity index (χ1v) is 6.38. The zero-order valence-electron chi connectivity index (χ0n) is 13.2. The van der Waals surface area contributed by atoms with E-state index in [1.165, 1.54) is 14.1 Å². The number of carboxylic acids is 4. The number of hydrogen-bond acceptors (Lipinski definition) is 5. The molecule has 0 aliphatic heterocycles. The van der Waals surface area contributed by atoms with Gasteiger partial charge in [-0.2, -0.15) is 0 Å². The van der Waals surface area contributed by atoms with Crippen LogP contribution < -0.4 is 5.11 Å². The Bertz CT molecular complexity index is 570. The standard InChI is InChI=1S/C14H19NO8/c1-8(11(18)19)5-14(13(22)23,6-9(2)12(20)21)15(3,4)7-10(16)17/h5-6H,7H2,1-4H3,(H3-,16,17,18,19,20,21,22,23). The van der Waals surface area contributed by atoms with E-state index < -0.39 is 46.0 Å². The van der Waals surface area contributed by atoms with Gasteiger partial charge in [0.15, 0.2) is 6.54 Å². The van der Waals surface area contributed by atoms with Crippen molar-refractivity contribution in [1.82, 2.24) is 0 Å². The molecule has 128 valence electrons. The van der Waals surface area contributed by atoms with Crippen molar-refractivity contribution in [2.75, 3.05) is 20.6 Å². The Balaban J connectivity index is 6.66. The summed E-state index contributed by atoms with van der Waals surface area (Å²) in [4.78, 5) is 44.9. The maximum Gasteiger partial charge on any atom is 0.374 e. The van der Waals surface area contributed by atoms with E-state index in [1.807, 2.05) is 0 Å². The number of hydrogen-bond donors (Lipinski definition) is 3. The zero-order valence-corrected chi connectivity index (χ0v) is 13.2. The molecular formula is C14H19NO8. The van der Waals surface area contributed by atoms with Crippen LogP contribution in [0.3, 0.4) is 0 Å². The van der Waals surface area contributed by atoms with Crippen molar-refractivity contribution in [2.24, 2.45) is 0 Å². The Labute approximate surface area is 132 Å². The second kappa shape index (κ2) is 7.05. The lowest BCUT2D eigenvalue weighted by Gasteiger charge is -2.41. The highest BCUT2D eigenvalue weighted by Crippen LogP contribution is 2.28. The minimum absolute atomic E-state index is 0.369. The van der Waals surface area contributed by atoms with Crippen LogP contribution in [-0.4, -0.2) is 69.9 Å². The van der Waals surface area contributed by atoms with Gasteiger partial charge in [0, 0.05) is 11.6 Å². The largest absolute Gasteiger partial charge is 0.545 e. The van der Waals surface area contributed by atoms with Crippen molar-refractivity contribution in [1.29, 1.82) is 0 Å². The summed E-state index contributed by atoms with van der Waals surface area (Å²) >= 11 is 0. The molecule has 23 heavy (non-hydrogen) atoms. The number of nitrogens with zero attached hydrogens (tertiary/aromatic N) is 1. The number of likely N-dealkylation sites (N-methyl/N-ethyl adjacent to an activating group) is 1. The van der Waals surface area contributed by atoms with E-state index in [2.05, 4.69) is 0 Å². The maximum atomic E-state index is 11.9. The van der Waals surface area contributed by atoms with Gasteiger partial charge >= 0.3 is 17.9 Å². The molecule has 1 unspecified atom stereocenters. The Hall–Kier alpha value is -2.68. The predicted molar refractivity (Wildman–Crippen MR) is 75.1 cm³/mol. The van der Waals surface area contributed by atoms with E-state index >= 15 is 0 Å². The van der Waals surface area contributed by atoms with Gasteiger partial charge in [-0.3, -0.25) is 4.48 Å². The summed E-state index contributed by atoms with van der Waals surface area (Å²) in [6, 6.07) is 0.